The van der Waals surface area contributed by atoms with Crippen molar-refractivity contribution >= 4 is 47.4 Å². The summed E-state index contributed by atoms with van der Waals surface area (Å²) in [6, 6.07) is 0.801. The van der Waals surface area contributed by atoms with Crippen LogP contribution in [-0.4, -0.2) is 52.7 Å². The minimum Gasteiger partial charge on any atom is -0.444 e. The molecule has 0 aliphatic carbocycles. The average Bonchev–Trinajstić information content (AvgIpc) is 3.19. The highest BCUT2D eigenvalue weighted by atomic mass is 127. The summed E-state index contributed by atoms with van der Waals surface area (Å²) in [4.78, 5) is 24.7. The Kier molecular flexibility index (Phi) is 8.57. The number of piperidine rings is 1. The Balaban J connectivity index is 0.00000300. The smallest absolute Gasteiger partial charge is 0.410 e. The van der Waals surface area contributed by atoms with Gasteiger partial charge in [-0.3, -0.25) is 4.99 Å². The van der Waals surface area contributed by atoms with Crippen molar-refractivity contribution in [1.82, 2.24) is 20.5 Å². The summed E-state index contributed by atoms with van der Waals surface area (Å²) < 4.78 is 5.62. The molecule has 2 bridgehead atoms. The molecule has 0 saturated carbocycles. The van der Waals surface area contributed by atoms with Crippen LogP contribution in [-0.2, 0) is 17.7 Å². The predicted molar refractivity (Wildman–Crippen MR) is 128 cm³/mol. The van der Waals surface area contributed by atoms with Gasteiger partial charge in [-0.1, -0.05) is 6.92 Å². The van der Waals surface area contributed by atoms with Crippen molar-refractivity contribution in [2.45, 2.75) is 90.1 Å². The zero-order valence-corrected chi connectivity index (χ0v) is 21.2. The maximum Gasteiger partial charge on any atom is 0.410 e. The quantitative estimate of drug-likeness (QED) is 0.347. The fraction of sp³-hybridized carbons (Fsp3) is 0.750. The Morgan fingerprint density at radius 3 is 2.52 bits per heavy atom. The van der Waals surface area contributed by atoms with E-state index in [-0.39, 0.29) is 42.2 Å². The number of carbonyl (C=O) groups excluding carboxylic acids is 1. The van der Waals surface area contributed by atoms with E-state index in [9.17, 15) is 4.79 Å². The number of guanidine groups is 1. The third kappa shape index (κ3) is 6.44. The molecule has 7 nitrogen and oxygen atoms in total. The van der Waals surface area contributed by atoms with Crippen LogP contribution in [0.2, 0.25) is 0 Å². The Morgan fingerprint density at radius 1 is 1.34 bits per heavy atom. The van der Waals surface area contributed by atoms with Gasteiger partial charge in [0.2, 0.25) is 0 Å². The molecule has 3 rings (SSSR count). The molecule has 1 aromatic heterocycles. The van der Waals surface area contributed by atoms with Crippen molar-refractivity contribution in [2.75, 3.05) is 7.05 Å². The highest BCUT2D eigenvalue weighted by molar-refractivity contribution is 14.0. The summed E-state index contributed by atoms with van der Waals surface area (Å²) in [6.45, 7) is 8.57. The van der Waals surface area contributed by atoms with Crippen LogP contribution in [0.1, 0.15) is 63.3 Å². The lowest BCUT2D eigenvalue weighted by Crippen LogP contribution is -2.54. The van der Waals surface area contributed by atoms with Crippen molar-refractivity contribution in [2.24, 2.45) is 4.99 Å². The molecule has 9 heteroatoms. The first kappa shape index (κ1) is 24.2. The summed E-state index contributed by atoms with van der Waals surface area (Å²) in [5.74, 6) is 0.795. The molecule has 2 saturated heterocycles. The summed E-state index contributed by atoms with van der Waals surface area (Å²) in [6.07, 6.45) is 6.74. The van der Waals surface area contributed by atoms with Crippen LogP contribution in [0.4, 0.5) is 4.79 Å². The summed E-state index contributed by atoms with van der Waals surface area (Å²) in [5.41, 5.74) is -0.453. The van der Waals surface area contributed by atoms with E-state index < -0.39 is 5.60 Å². The molecule has 29 heavy (non-hydrogen) atoms. The van der Waals surface area contributed by atoms with E-state index in [4.69, 9.17) is 4.74 Å². The van der Waals surface area contributed by atoms with Gasteiger partial charge < -0.3 is 20.3 Å². The first-order valence-corrected chi connectivity index (χ1v) is 11.0. The number of aromatic nitrogens is 1. The van der Waals surface area contributed by atoms with Crippen molar-refractivity contribution < 1.29 is 9.53 Å². The first-order chi connectivity index (χ1) is 13.3. The summed E-state index contributed by atoms with van der Waals surface area (Å²) in [7, 11) is 1.79. The first-order valence-electron chi connectivity index (χ1n) is 10.2. The van der Waals surface area contributed by atoms with Crippen LogP contribution in [0.15, 0.2) is 11.2 Å². The highest BCUT2D eigenvalue weighted by Gasteiger charge is 2.45. The summed E-state index contributed by atoms with van der Waals surface area (Å²) in [5, 5.41) is 7.98. The minimum absolute atomic E-state index is 0. The van der Waals surface area contributed by atoms with E-state index in [1.807, 2.05) is 31.9 Å². The van der Waals surface area contributed by atoms with Crippen molar-refractivity contribution in [3.8, 4) is 0 Å². The number of carbonyl (C=O) groups is 1. The lowest BCUT2D eigenvalue weighted by molar-refractivity contribution is 0.00545. The zero-order valence-electron chi connectivity index (χ0n) is 18.0. The number of rotatable bonds is 4. The van der Waals surface area contributed by atoms with Gasteiger partial charge in [0, 0.05) is 36.2 Å². The van der Waals surface area contributed by atoms with Gasteiger partial charge >= 0.3 is 6.09 Å². The highest BCUT2D eigenvalue weighted by Crippen LogP contribution is 2.36. The Bertz CT molecular complexity index is 704. The molecule has 2 atom stereocenters. The number of thiazole rings is 1. The van der Waals surface area contributed by atoms with Crippen LogP contribution in [0.5, 0.6) is 0 Å². The Labute approximate surface area is 195 Å². The third-order valence-electron chi connectivity index (χ3n) is 5.26. The van der Waals surface area contributed by atoms with E-state index >= 15 is 0 Å². The minimum atomic E-state index is -0.453. The van der Waals surface area contributed by atoms with Gasteiger partial charge in [0.1, 0.15) is 10.6 Å². The molecule has 2 fully saturated rings. The van der Waals surface area contributed by atoms with Gasteiger partial charge in [-0.05, 0) is 52.9 Å². The predicted octanol–water partition coefficient (Wildman–Crippen LogP) is 3.92. The van der Waals surface area contributed by atoms with Gasteiger partial charge in [-0.25, -0.2) is 9.78 Å². The van der Waals surface area contributed by atoms with E-state index in [1.54, 1.807) is 18.4 Å². The third-order valence-corrected chi connectivity index (χ3v) is 6.40. The number of nitrogens with one attached hydrogen (secondary N) is 2. The van der Waals surface area contributed by atoms with E-state index in [0.29, 0.717) is 12.6 Å². The van der Waals surface area contributed by atoms with E-state index in [0.717, 1.165) is 43.1 Å². The standard InChI is InChI=1S/C20H33N5O2S.HI/c1-6-16-11-22-17(28-16)12-23-18(21-5)24-13-9-14-7-8-15(10-13)25(14)19(26)27-20(2,3)4;/h11,13-15H,6-10,12H2,1-5H3,(H2,21,23,24);1H. The second kappa shape index (κ2) is 10.3. The number of ether oxygens (including phenoxy) is 1. The van der Waals surface area contributed by atoms with Gasteiger partial charge in [0.25, 0.3) is 0 Å². The maximum absolute atomic E-state index is 12.6. The molecule has 2 N–H and O–H groups in total. The number of fused-ring (bicyclic) bond motifs is 2. The number of amides is 1. The molecule has 0 spiro atoms. The van der Waals surface area contributed by atoms with Crippen molar-refractivity contribution in [3.05, 3.63) is 16.1 Å². The number of aryl methyl sites for hydroxylation is 1. The van der Waals surface area contributed by atoms with E-state index in [2.05, 4.69) is 27.5 Å². The largest absolute Gasteiger partial charge is 0.444 e. The molecule has 2 unspecified atom stereocenters. The molecule has 3 heterocycles. The molecule has 1 amide bonds. The fourth-order valence-corrected chi connectivity index (χ4v) is 4.85. The number of aliphatic imine (C=N–C) groups is 1. The van der Waals surface area contributed by atoms with Crippen LogP contribution >= 0.6 is 35.3 Å². The van der Waals surface area contributed by atoms with Gasteiger partial charge in [0.05, 0.1) is 6.54 Å². The number of halogens is 1. The fourth-order valence-electron chi connectivity index (χ4n) is 4.05. The van der Waals surface area contributed by atoms with E-state index in [1.165, 1.54) is 4.88 Å². The lowest BCUT2D eigenvalue weighted by Gasteiger charge is -2.40. The number of hydrogen-bond donors (Lipinski definition) is 2. The van der Waals surface area contributed by atoms with Gasteiger partial charge in [-0.15, -0.1) is 35.3 Å². The molecule has 1 aromatic rings. The van der Waals surface area contributed by atoms with Crippen molar-refractivity contribution in [3.63, 3.8) is 0 Å². The molecule has 2 aliphatic heterocycles. The molecule has 164 valence electrons. The van der Waals surface area contributed by atoms with Crippen LogP contribution < -0.4 is 10.6 Å². The second-order valence-corrected chi connectivity index (χ2v) is 9.78. The molecular weight excluding hydrogens is 501 g/mol. The number of hydrogen-bond acceptors (Lipinski definition) is 5. The van der Waals surface area contributed by atoms with Crippen LogP contribution in [0.25, 0.3) is 0 Å². The van der Waals surface area contributed by atoms with Gasteiger partial charge in [-0.2, -0.15) is 0 Å². The Hall–Kier alpha value is -1.10. The van der Waals surface area contributed by atoms with Crippen LogP contribution in [0, 0.1) is 0 Å². The topological polar surface area (TPSA) is 78.9 Å². The van der Waals surface area contributed by atoms with Crippen LogP contribution in [0.3, 0.4) is 0 Å². The lowest BCUT2D eigenvalue weighted by atomic mass is 9.98. The Morgan fingerprint density at radius 2 is 2.00 bits per heavy atom. The molecule has 2 aliphatic rings. The summed E-state index contributed by atoms with van der Waals surface area (Å²) >= 11 is 1.74. The SMILES string of the molecule is CCc1cnc(CNC(=NC)NC2CC3CCC(C2)N3C(=O)OC(C)(C)C)s1.I. The molecular formula is C20H34IN5O2S. The van der Waals surface area contributed by atoms with Crippen molar-refractivity contribution in [1.29, 1.82) is 0 Å². The zero-order chi connectivity index (χ0) is 20.3. The monoisotopic (exact) mass is 535 g/mol. The molecule has 0 aromatic carbocycles. The normalized spacial score (nSPS) is 24.1. The second-order valence-electron chi connectivity index (χ2n) is 8.58. The average molecular weight is 535 g/mol. The number of nitrogens with zero attached hydrogens (tertiary/aromatic N) is 3. The molecule has 0 radical (unpaired) electrons. The van der Waals surface area contributed by atoms with Gasteiger partial charge in [0.15, 0.2) is 5.96 Å². The maximum atomic E-state index is 12.6.